The van der Waals surface area contributed by atoms with E-state index in [0.717, 1.165) is 0 Å². The minimum Gasteiger partial charge on any atom is -0.746 e. The number of imidazole rings is 1. The van der Waals surface area contributed by atoms with E-state index in [-0.39, 0.29) is 22.5 Å². The number of ether oxygens (including phenoxy) is 1. The van der Waals surface area contributed by atoms with E-state index in [1.165, 1.54) is 23.3 Å². The molecule has 0 spiro atoms. The molecule has 1 aromatic carbocycles. The molecule has 1 aliphatic heterocycles. The third-order valence-corrected chi connectivity index (χ3v) is 5.81. The number of anilines is 1. The Bertz CT molecular complexity index is 1200. The summed E-state index contributed by atoms with van der Waals surface area (Å²) in [5.41, 5.74) is 6.84. The number of carbonyl (C=O) groups excluding carboxylic acids is 1. The molecular formula is C18H19N5O8P-. The van der Waals surface area contributed by atoms with E-state index in [2.05, 4.69) is 19.5 Å². The van der Waals surface area contributed by atoms with Crippen molar-refractivity contribution < 1.29 is 38.3 Å². The van der Waals surface area contributed by atoms with Gasteiger partial charge in [0.15, 0.2) is 17.7 Å². The molecule has 32 heavy (non-hydrogen) atoms. The number of phosphoric acid groups is 1. The molecule has 2 aromatic heterocycles. The zero-order valence-corrected chi connectivity index (χ0v) is 17.5. The van der Waals surface area contributed by atoms with Crippen molar-refractivity contribution in [2.75, 3.05) is 12.3 Å². The highest BCUT2D eigenvalue weighted by atomic mass is 31.2. The summed E-state index contributed by atoms with van der Waals surface area (Å²) in [7, 11) is -5.09. The summed E-state index contributed by atoms with van der Waals surface area (Å²) in [6.45, 7) is 0.913. The van der Waals surface area contributed by atoms with Crippen molar-refractivity contribution in [1.29, 1.82) is 0 Å². The van der Waals surface area contributed by atoms with Gasteiger partial charge in [0.05, 0.1) is 18.5 Å². The van der Waals surface area contributed by atoms with Crippen molar-refractivity contribution in [1.82, 2.24) is 19.5 Å². The number of fused-ring (bicyclic) bond motifs is 1. The lowest BCUT2D eigenvalue weighted by molar-refractivity contribution is -0.222. The first-order valence-electron chi connectivity index (χ1n) is 9.37. The van der Waals surface area contributed by atoms with Gasteiger partial charge in [-0.15, -0.1) is 0 Å². The van der Waals surface area contributed by atoms with Crippen LogP contribution in [-0.4, -0.2) is 60.6 Å². The maximum atomic E-state index is 12.1. The molecule has 1 saturated heterocycles. The van der Waals surface area contributed by atoms with Gasteiger partial charge in [0.2, 0.25) is 0 Å². The maximum Gasteiger partial charge on any atom is 0.344 e. The number of phosphoric ester groups is 1. The number of carbonyl (C=O) groups is 1. The molecule has 0 amide bonds. The lowest BCUT2D eigenvalue weighted by atomic mass is 10.1. The van der Waals surface area contributed by atoms with Crippen LogP contribution < -0.4 is 10.6 Å². The van der Waals surface area contributed by atoms with E-state index in [0.29, 0.717) is 5.56 Å². The first-order valence-corrected chi connectivity index (χ1v) is 10.8. The van der Waals surface area contributed by atoms with Crippen LogP contribution in [0.3, 0.4) is 0 Å². The fourth-order valence-electron chi connectivity index (χ4n) is 3.30. The molecule has 4 N–H and O–H groups in total. The highest BCUT2D eigenvalue weighted by Gasteiger charge is 2.45. The Kier molecular flexibility index (Phi) is 5.95. The van der Waals surface area contributed by atoms with E-state index in [4.69, 9.17) is 15.0 Å². The van der Waals surface area contributed by atoms with Gasteiger partial charge >= 0.3 is 13.8 Å². The number of nitrogens with zero attached hydrogens (tertiary/aromatic N) is 4. The van der Waals surface area contributed by atoms with Crippen LogP contribution in [0.2, 0.25) is 0 Å². The number of aliphatic hydroxyl groups excluding tert-OH is 2. The Balaban J connectivity index is 1.43. The van der Waals surface area contributed by atoms with Crippen LogP contribution in [0.5, 0.6) is 0 Å². The quantitative estimate of drug-likeness (QED) is 0.403. The second-order valence-electron chi connectivity index (χ2n) is 7.07. The highest BCUT2D eigenvalue weighted by Crippen LogP contribution is 2.41. The Hall–Kier alpha value is -2.93. The van der Waals surface area contributed by atoms with Crippen molar-refractivity contribution in [2.45, 2.75) is 31.5 Å². The van der Waals surface area contributed by atoms with Gasteiger partial charge in [0, 0.05) is 0 Å². The number of aryl methyl sites for hydroxylation is 1. The van der Waals surface area contributed by atoms with Crippen molar-refractivity contribution in [3.63, 3.8) is 0 Å². The highest BCUT2D eigenvalue weighted by molar-refractivity contribution is 7.46. The van der Waals surface area contributed by atoms with Crippen LogP contribution in [0.4, 0.5) is 5.82 Å². The summed E-state index contributed by atoms with van der Waals surface area (Å²) in [5, 5.41) is 20.7. The third-order valence-electron chi connectivity index (χ3n) is 4.96. The fourth-order valence-corrected chi connectivity index (χ4v) is 3.98. The molecule has 3 heterocycles. The molecule has 1 unspecified atom stereocenters. The van der Waals surface area contributed by atoms with Crippen LogP contribution in [0.1, 0.15) is 22.1 Å². The minimum absolute atomic E-state index is 0.0630. The molecule has 0 aliphatic carbocycles. The smallest absolute Gasteiger partial charge is 0.344 e. The molecular weight excluding hydrogens is 445 g/mol. The zero-order chi connectivity index (χ0) is 23.0. The van der Waals surface area contributed by atoms with Crippen LogP contribution in [-0.2, 0) is 18.3 Å². The third kappa shape index (κ3) is 4.21. The number of benzene rings is 1. The molecule has 13 nitrogen and oxygen atoms in total. The molecule has 170 valence electrons. The van der Waals surface area contributed by atoms with Crippen LogP contribution in [0.25, 0.3) is 11.2 Å². The number of nitrogens with two attached hydrogens (primary N) is 1. The van der Waals surface area contributed by atoms with Gasteiger partial charge in [0.25, 0.3) is 0 Å². The maximum absolute atomic E-state index is 12.1. The Morgan fingerprint density at radius 2 is 2.03 bits per heavy atom. The average molecular weight is 464 g/mol. The normalized spacial score (nSPS) is 25.0. The van der Waals surface area contributed by atoms with Crippen molar-refractivity contribution >= 4 is 30.8 Å². The molecule has 0 radical (unpaired) electrons. The Morgan fingerprint density at radius 3 is 2.78 bits per heavy atom. The van der Waals surface area contributed by atoms with Gasteiger partial charge in [-0.05, 0) is 18.6 Å². The van der Waals surface area contributed by atoms with E-state index < -0.39 is 44.9 Å². The molecule has 0 bridgehead atoms. The summed E-state index contributed by atoms with van der Waals surface area (Å²) in [6.07, 6.45) is -2.89. The first-order chi connectivity index (χ1) is 15.2. The lowest BCUT2D eigenvalue weighted by Crippen LogP contribution is -2.34. The van der Waals surface area contributed by atoms with Crippen LogP contribution in [0.15, 0.2) is 36.9 Å². The number of hydrogen-bond donors (Lipinski definition) is 3. The van der Waals surface area contributed by atoms with Crippen molar-refractivity contribution in [2.24, 2.45) is 0 Å². The number of rotatable bonds is 6. The van der Waals surface area contributed by atoms with Gasteiger partial charge in [-0.3, -0.25) is 9.13 Å². The monoisotopic (exact) mass is 464 g/mol. The SMILES string of the molecule is Cc1ccccc1C(=O)OP(=O)([O-])OC[C@H]1O[C@@H](n2cnc3c(N)ncnc32)[C@H](O)[C@@H]1O. The van der Waals surface area contributed by atoms with Gasteiger partial charge in [-0.1, -0.05) is 18.2 Å². The van der Waals surface area contributed by atoms with E-state index in [1.807, 2.05) is 0 Å². The second-order valence-corrected chi connectivity index (χ2v) is 8.40. The van der Waals surface area contributed by atoms with Crippen LogP contribution >= 0.6 is 7.82 Å². The molecule has 5 atom stereocenters. The minimum atomic E-state index is -5.09. The number of aromatic nitrogens is 4. The van der Waals surface area contributed by atoms with Crippen molar-refractivity contribution in [3.8, 4) is 0 Å². The molecule has 1 fully saturated rings. The second kappa shape index (κ2) is 8.54. The summed E-state index contributed by atoms with van der Waals surface area (Å²) >= 11 is 0. The summed E-state index contributed by atoms with van der Waals surface area (Å²) in [4.78, 5) is 36.1. The number of aliphatic hydroxyl groups is 2. The molecule has 1 aliphatic rings. The predicted molar refractivity (Wildman–Crippen MR) is 106 cm³/mol. The molecule has 3 aromatic rings. The summed E-state index contributed by atoms with van der Waals surface area (Å²) in [6, 6.07) is 6.27. The first kappa shape index (κ1) is 22.3. The number of nitrogen functional groups attached to an aromatic ring is 1. The van der Waals surface area contributed by atoms with Gasteiger partial charge < -0.3 is 34.6 Å². The fraction of sp³-hybridized carbons (Fsp3) is 0.333. The molecule has 0 saturated carbocycles. The zero-order valence-electron chi connectivity index (χ0n) is 16.6. The van der Waals surface area contributed by atoms with Gasteiger partial charge in [0.1, 0.15) is 30.2 Å². The number of hydrogen-bond acceptors (Lipinski definition) is 12. The predicted octanol–water partition coefficient (Wildman–Crippen LogP) is -0.322. The lowest BCUT2D eigenvalue weighted by Gasteiger charge is -2.24. The van der Waals surface area contributed by atoms with E-state index in [9.17, 15) is 24.5 Å². The van der Waals surface area contributed by atoms with Crippen LogP contribution in [0, 0.1) is 6.92 Å². The Labute approximate surface area is 181 Å². The molecule has 4 rings (SSSR count). The largest absolute Gasteiger partial charge is 0.746 e. The van der Waals surface area contributed by atoms with E-state index >= 15 is 0 Å². The molecule has 14 heteroatoms. The standard InChI is InChI=1S/C18H20N5O8P/c1-9-4-2-3-5-10(9)18(26)31-32(27,28)29-6-11-13(24)14(25)17(30-11)23-8-22-12-15(19)20-7-21-16(12)23/h2-5,7-8,11,13-14,17,24-25H,6H2,1H3,(H,27,28)(H2,19,20,21)/p-1/t11-,13-,14-,17-/m1/s1. The van der Waals surface area contributed by atoms with Crippen molar-refractivity contribution in [3.05, 3.63) is 48.0 Å². The average Bonchev–Trinajstić information content (AvgIpc) is 3.29. The van der Waals surface area contributed by atoms with E-state index in [1.54, 1.807) is 25.1 Å². The van der Waals surface area contributed by atoms with Gasteiger partial charge in [-0.2, -0.15) is 0 Å². The summed E-state index contributed by atoms with van der Waals surface area (Å²) in [5.74, 6) is -0.987. The van der Waals surface area contributed by atoms with Gasteiger partial charge in [-0.25, -0.2) is 19.7 Å². The Morgan fingerprint density at radius 1 is 1.28 bits per heavy atom. The summed E-state index contributed by atoms with van der Waals surface area (Å²) < 4.78 is 28.2. The topological polar surface area (TPSA) is 195 Å².